The first-order chi connectivity index (χ1) is 18.9. The minimum atomic E-state index is -1.57. The number of carbonyl (C=O) groups excluding carboxylic acids is 4. The fraction of sp³-hybridized carbons (Fsp3) is 0.321. The van der Waals surface area contributed by atoms with E-state index in [4.69, 9.17) is 4.74 Å². The third kappa shape index (κ3) is 5.45. The molecule has 0 radical (unpaired) electrons. The van der Waals surface area contributed by atoms with Gasteiger partial charge in [-0.2, -0.15) is 0 Å². The summed E-state index contributed by atoms with van der Waals surface area (Å²) >= 11 is 0. The highest BCUT2D eigenvalue weighted by Crippen LogP contribution is 2.24. The average molecular weight is 531 g/mol. The van der Waals surface area contributed by atoms with Crippen LogP contribution in [0.15, 0.2) is 54.6 Å². The van der Waals surface area contributed by atoms with Crippen LogP contribution in [0.3, 0.4) is 0 Å². The smallest absolute Gasteiger partial charge is 0.328 e. The molecule has 5 rings (SSSR count). The number of benzene rings is 2. The van der Waals surface area contributed by atoms with Crippen LogP contribution in [0.1, 0.15) is 28.0 Å². The van der Waals surface area contributed by atoms with Crippen LogP contribution >= 0.6 is 0 Å². The molecule has 0 atom stereocenters. The van der Waals surface area contributed by atoms with Crippen molar-refractivity contribution >= 4 is 34.7 Å². The molecule has 202 valence electrons. The highest BCUT2D eigenvalue weighted by Gasteiger charge is 2.54. The number of urea groups is 1. The molecule has 3 heterocycles. The Morgan fingerprint density at radius 2 is 1.72 bits per heavy atom. The first-order valence-corrected chi connectivity index (χ1v) is 12.9. The predicted octanol–water partition coefficient (Wildman–Crippen LogP) is 1.25. The van der Waals surface area contributed by atoms with Crippen LogP contribution in [0.25, 0.3) is 10.9 Å². The zero-order valence-electron chi connectivity index (χ0n) is 21.6. The van der Waals surface area contributed by atoms with Gasteiger partial charge in [0, 0.05) is 61.4 Å². The zero-order chi connectivity index (χ0) is 27.4. The van der Waals surface area contributed by atoms with E-state index in [2.05, 4.69) is 26.3 Å². The van der Waals surface area contributed by atoms with E-state index >= 15 is 0 Å². The fourth-order valence-electron chi connectivity index (χ4n) is 5.10. The molecule has 2 saturated heterocycles. The molecular formula is C28H30N6O5. The van der Waals surface area contributed by atoms with Gasteiger partial charge in [0.05, 0.1) is 5.52 Å². The summed E-state index contributed by atoms with van der Waals surface area (Å²) in [7, 11) is 0. The fourth-order valence-corrected chi connectivity index (χ4v) is 5.10. The van der Waals surface area contributed by atoms with E-state index in [1.165, 1.54) is 0 Å². The molecule has 2 fully saturated rings. The van der Waals surface area contributed by atoms with Crippen LogP contribution < -0.4 is 26.0 Å². The van der Waals surface area contributed by atoms with E-state index in [-0.39, 0.29) is 18.9 Å². The van der Waals surface area contributed by atoms with Gasteiger partial charge in [0.25, 0.3) is 17.7 Å². The molecule has 0 bridgehead atoms. The van der Waals surface area contributed by atoms with Gasteiger partial charge in [0.2, 0.25) is 0 Å². The van der Waals surface area contributed by atoms with Crippen molar-refractivity contribution in [3.8, 4) is 5.75 Å². The van der Waals surface area contributed by atoms with Crippen LogP contribution in [-0.2, 0) is 16.2 Å². The number of nitrogens with zero attached hydrogens (tertiary/aromatic N) is 2. The number of pyridine rings is 1. The Labute approximate surface area is 225 Å². The second-order valence-corrected chi connectivity index (χ2v) is 9.59. The summed E-state index contributed by atoms with van der Waals surface area (Å²) in [5, 5.41) is 11.4. The van der Waals surface area contributed by atoms with Gasteiger partial charge in [-0.05, 0) is 43.3 Å². The normalized spacial score (nSPS) is 17.4. The van der Waals surface area contributed by atoms with E-state index in [9.17, 15) is 19.2 Å². The number of hydrogen-bond acceptors (Lipinski definition) is 8. The third-order valence-electron chi connectivity index (χ3n) is 7.08. The number of imide groups is 2. The van der Waals surface area contributed by atoms with Crippen LogP contribution in [0, 0.1) is 6.92 Å². The van der Waals surface area contributed by atoms with E-state index in [0.717, 1.165) is 22.2 Å². The molecular weight excluding hydrogens is 500 g/mol. The van der Waals surface area contributed by atoms with E-state index in [1.807, 2.05) is 37.3 Å². The van der Waals surface area contributed by atoms with Crippen LogP contribution in [0.4, 0.5) is 4.79 Å². The molecule has 0 aliphatic carbocycles. The van der Waals surface area contributed by atoms with Gasteiger partial charge in [0.15, 0.2) is 5.54 Å². The van der Waals surface area contributed by atoms with Gasteiger partial charge in [-0.1, -0.05) is 18.2 Å². The highest BCUT2D eigenvalue weighted by atomic mass is 16.5. The van der Waals surface area contributed by atoms with Crippen LogP contribution in [-0.4, -0.2) is 71.9 Å². The second-order valence-electron chi connectivity index (χ2n) is 9.59. The Morgan fingerprint density at radius 1 is 1.03 bits per heavy atom. The second kappa shape index (κ2) is 11.2. The molecule has 2 aromatic carbocycles. The minimum absolute atomic E-state index is 0.0180. The lowest BCUT2D eigenvalue weighted by Crippen LogP contribution is -2.75. The molecule has 2 aliphatic rings. The minimum Gasteiger partial charge on any atom is -0.489 e. The molecule has 11 nitrogen and oxygen atoms in total. The number of barbiturate groups is 1. The maximum absolute atomic E-state index is 12.9. The topological polar surface area (TPSA) is 142 Å². The molecule has 5 amide bonds. The summed E-state index contributed by atoms with van der Waals surface area (Å²) in [5.74, 6) is -1.08. The van der Waals surface area contributed by atoms with Crippen molar-refractivity contribution in [1.82, 2.24) is 31.2 Å². The van der Waals surface area contributed by atoms with E-state index in [0.29, 0.717) is 44.1 Å². The number of piperazine rings is 1. The number of aromatic nitrogens is 1. The number of nitrogens with one attached hydrogen (secondary N) is 4. The Hall–Kier alpha value is -4.35. The van der Waals surface area contributed by atoms with Gasteiger partial charge in [0.1, 0.15) is 12.4 Å². The monoisotopic (exact) mass is 530 g/mol. The largest absolute Gasteiger partial charge is 0.489 e. The van der Waals surface area contributed by atoms with Crippen LogP contribution in [0.5, 0.6) is 5.75 Å². The number of para-hydroxylation sites is 1. The maximum atomic E-state index is 12.9. The van der Waals surface area contributed by atoms with Crippen molar-refractivity contribution in [3.05, 3.63) is 71.4 Å². The molecule has 4 N–H and O–H groups in total. The number of amides is 5. The highest BCUT2D eigenvalue weighted by molar-refractivity contribution is 6.22. The summed E-state index contributed by atoms with van der Waals surface area (Å²) in [6.45, 7) is 4.49. The number of aryl methyl sites for hydroxylation is 1. The summed E-state index contributed by atoms with van der Waals surface area (Å²) in [4.78, 5) is 56.6. The Balaban J connectivity index is 1.20. The lowest BCUT2D eigenvalue weighted by atomic mass is 9.88. The SMILES string of the molecule is Cc1cc(COc2ccc(C(=O)NCCC3(N4CCNCC4)C(=O)NC(=O)NC3=O)cc2)c2ccccc2n1. The summed E-state index contributed by atoms with van der Waals surface area (Å²) in [6.07, 6.45) is 0.0180. The molecule has 2 aliphatic heterocycles. The van der Waals surface area contributed by atoms with Gasteiger partial charge in [-0.3, -0.25) is 34.9 Å². The molecule has 39 heavy (non-hydrogen) atoms. The molecule has 3 aromatic rings. The van der Waals surface area contributed by atoms with Crippen molar-refractivity contribution in [2.75, 3.05) is 32.7 Å². The molecule has 1 aromatic heterocycles. The lowest BCUT2D eigenvalue weighted by Gasteiger charge is -2.44. The number of carbonyl (C=O) groups is 4. The Kier molecular flexibility index (Phi) is 7.53. The van der Waals surface area contributed by atoms with Crippen molar-refractivity contribution in [3.63, 3.8) is 0 Å². The standard InChI is InChI=1S/C28H30N6O5/c1-18-16-20(22-4-2-3-5-23(22)31-18)17-39-21-8-6-19(7-9-21)24(35)30-11-10-28(34-14-12-29-13-15-34)25(36)32-27(38)33-26(28)37/h2-9,16,29H,10-15,17H2,1H3,(H,30,35)(H2,32,33,36,37,38). The van der Waals surface area contributed by atoms with Crippen molar-refractivity contribution in [2.24, 2.45) is 0 Å². The zero-order valence-corrected chi connectivity index (χ0v) is 21.6. The summed E-state index contributed by atoms with van der Waals surface area (Å²) in [5.41, 5.74) is 1.69. The predicted molar refractivity (Wildman–Crippen MR) is 143 cm³/mol. The summed E-state index contributed by atoms with van der Waals surface area (Å²) < 4.78 is 5.98. The molecule has 0 unspecified atom stereocenters. The number of fused-ring (bicyclic) bond motifs is 1. The first-order valence-electron chi connectivity index (χ1n) is 12.9. The number of rotatable bonds is 8. The van der Waals surface area contributed by atoms with Gasteiger partial charge < -0.3 is 15.4 Å². The number of ether oxygens (including phenoxy) is 1. The van der Waals surface area contributed by atoms with Crippen molar-refractivity contribution in [1.29, 1.82) is 0 Å². The lowest BCUT2D eigenvalue weighted by molar-refractivity contribution is -0.148. The first kappa shape index (κ1) is 26.3. The van der Waals surface area contributed by atoms with Crippen molar-refractivity contribution in [2.45, 2.75) is 25.5 Å². The van der Waals surface area contributed by atoms with Crippen LogP contribution in [0.2, 0.25) is 0 Å². The van der Waals surface area contributed by atoms with Crippen molar-refractivity contribution < 1.29 is 23.9 Å². The Morgan fingerprint density at radius 3 is 2.44 bits per heavy atom. The number of hydrogen-bond donors (Lipinski definition) is 4. The Bertz CT molecular complexity index is 1400. The third-order valence-corrected chi connectivity index (χ3v) is 7.08. The average Bonchev–Trinajstić information content (AvgIpc) is 2.94. The summed E-state index contributed by atoms with van der Waals surface area (Å²) in [6, 6.07) is 15.8. The van der Waals surface area contributed by atoms with Gasteiger partial charge in [-0.25, -0.2) is 4.79 Å². The maximum Gasteiger partial charge on any atom is 0.328 e. The molecule has 0 saturated carbocycles. The molecule has 11 heteroatoms. The quantitative estimate of drug-likeness (QED) is 0.319. The van der Waals surface area contributed by atoms with Gasteiger partial charge in [-0.15, -0.1) is 0 Å². The molecule has 0 spiro atoms. The van der Waals surface area contributed by atoms with Gasteiger partial charge >= 0.3 is 6.03 Å². The van der Waals surface area contributed by atoms with E-state index < -0.39 is 23.4 Å². The van der Waals surface area contributed by atoms with E-state index in [1.54, 1.807) is 29.2 Å².